The van der Waals surface area contributed by atoms with Gasteiger partial charge in [-0.2, -0.15) is 0 Å². The first-order valence-corrected chi connectivity index (χ1v) is 5.48. The number of aryl methyl sites for hydroxylation is 1. The maximum Gasteiger partial charge on any atom is 0.372 e. The summed E-state index contributed by atoms with van der Waals surface area (Å²) in [6, 6.07) is 3.56. The van der Waals surface area contributed by atoms with Crippen molar-refractivity contribution < 1.29 is 23.1 Å². The molecule has 0 atom stereocenters. The predicted molar refractivity (Wildman–Crippen MR) is 64.1 cm³/mol. The number of aromatic carboxylic acids is 1. The predicted octanol–water partition coefficient (Wildman–Crippen LogP) is 3.18. The standard InChI is InChI=1S/C13H11F2NO3/c1-7-4-10(15)11(5-9(7)14)16-6-8-2-3-19-12(8)13(17)18/h2-5,16H,6H2,1H3,(H,17,18). The van der Waals surface area contributed by atoms with Crippen LogP contribution in [0.2, 0.25) is 0 Å². The first-order chi connectivity index (χ1) is 8.99. The minimum atomic E-state index is -1.21. The van der Waals surface area contributed by atoms with Gasteiger partial charge in [-0.15, -0.1) is 0 Å². The number of hydrogen-bond donors (Lipinski definition) is 2. The van der Waals surface area contributed by atoms with Crippen LogP contribution in [0.4, 0.5) is 14.5 Å². The molecule has 0 spiro atoms. The molecule has 2 rings (SSSR count). The fourth-order valence-corrected chi connectivity index (χ4v) is 1.63. The topological polar surface area (TPSA) is 62.5 Å². The van der Waals surface area contributed by atoms with Crippen molar-refractivity contribution in [2.45, 2.75) is 13.5 Å². The van der Waals surface area contributed by atoms with E-state index in [0.717, 1.165) is 12.1 Å². The number of benzene rings is 1. The highest BCUT2D eigenvalue weighted by molar-refractivity contribution is 5.86. The largest absolute Gasteiger partial charge is 0.475 e. The molecule has 1 aromatic heterocycles. The summed E-state index contributed by atoms with van der Waals surface area (Å²) in [5, 5.41) is 11.5. The highest BCUT2D eigenvalue weighted by Crippen LogP contribution is 2.20. The number of carbonyl (C=O) groups is 1. The van der Waals surface area contributed by atoms with Crippen LogP contribution in [0.1, 0.15) is 21.7 Å². The Morgan fingerprint density at radius 1 is 1.37 bits per heavy atom. The van der Waals surface area contributed by atoms with E-state index in [-0.39, 0.29) is 23.6 Å². The van der Waals surface area contributed by atoms with Crippen LogP contribution in [0.25, 0.3) is 0 Å². The Bertz CT molecular complexity index is 622. The Balaban J connectivity index is 2.17. The molecule has 0 radical (unpaired) electrons. The number of rotatable bonds is 4. The molecule has 0 saturated carbocycles. The van der Waals surface area contributed by atoms with E-state index in [1.165, 1.54) is 19.3 Å². The van der Waals surface area contributed by atoms with Gasteiger partial charge in [-0.3, -0.25) is 0 Å². The summed E-state index contributed by atoms with van der Waals surface area (Å²) in [7, 11) is 0. The summed E-state index contributed by atoms with van der Waals surface area (Å²) in [5.74, 6) is -2.56. The number of halogens is 2. The van der Waals surface area contributed by atoms with Gasteiger partial charge in [0.2, 0.25) is 5.76 Å². The van der Waals surface area contributed by atoms with Crippen LogP contribution in [0, 0.1) is 18.6 Å². The van der Waals surface area contributed by atoms with E-state index >= 15 is 0 Å². The second-order valence-electron chi connectivity index (χ2n) is 4.01. The summed E-state index contributed by atoms with van der Waals surface area (Å²) in [5.41, 5.74) is 0.533. The van der Waals surface area contributed by atoms with Crippen molar-refractivity contribution in [1.82, 2.24) is 0 Å². The molecule has 2 aromatic rings. The summed E-state index contributed by atoms with van der Waals surface area (Å²) < 4.78 is 31.6. The van der Waals surface area contributed by atoms with Crippen molar-refractivity contribution in [2.75, 3.05) is 5.32 Å². The fourth-order valence-electron chi connectivity index (χ4n) is 1.63. The van der Waals surface area contributed by atoms with Gasteiger partial charge >= 0.3 is 5.97 Å². The Labute approximate surface area is 107 Å². The molecule has 0 aliphatic carbocycles. The molecule has 0 saturated heterocycles. The average molecular weight is 267 g/mol. The third-order valence-electron chi connectivity index (χ3n) is 2.66. The maximum atomic E-state index is 13.5. The highest BCUT2D eigenvalue weighted by Gasteiger charge is 2.14. The zero-order valence-electron chi connectivity index (χ0n) is 10.0. The smallest absolute Gasteiger partial charge is 0.372 e. The van der Waals surface area contributed by atoms with Gasteiger partial charge in [0.05, 0.1) is 12.0 Å². The number of nitrogens with one attached hydrogen (secondary N) is 1. The first kappa shape index (κ1) is 13.1. The lowest BCUT2D eigenvalue weighted by atomic mass is 10.2. The molecule has 19 heavy (non-hydrogen) atoms. The molecule has 4 nitrogen and oxygen atoms in total. The van der Waals surface area contributed by atoms with Crippen molar-refractivity contribution in [2.24, 2.45) is 0 Å². The second kappa shape index (κ2) is 5.09. The van der Waals surface area contributed by atoms with E-state index in [9.17, 15) is 13.6 Å². The number of carboxylic acid groups (broad SMARTS) is 1. The van der Waals surface area contributed by atoms with Gasteiger partial charge in [-0.05, 0) is 24.6 Å². The molecule has 0 aliphatic heterocycles. The van der Waals surface area contributed by atoms with Crippen LogP contribution in [-0.4, -0.2) is 11.1 Å². The van der Waals surface area contributed by atoms with E-state index in [0.29, 0.717) is 5.56 Å². The third kappa shape index (κ3) is 2.73. The first-order valence-electron chi connectivity index (χ1n) is 5.48. The van der Waals surface area contributed by atoms with Crippen molar-refractivity contribution in [3.8, 4) is 0 Å². The molecule has 1 aromatic carbocycles. The minimum Gasteiger partial charge on any atom is -0.475 e. The molecule has 0 amide bonds. The summed E-state index contributed by atoms with van der Waals surface area (Å²) in [6.45, 7) is 1.48. The summed E-state index contributed by atoms with van der Waals surface area (Å²) >= 11 is 0. The molecule has 1 heterocycles. The molecule has 0 unspecified atom stereocenters. The van der Waals surface area contributed by atoms with Crippen LogP contribution in [0.15, 0.2) is 28.9 Å². The number of carboxylic acids is 1. The van der Waals surface area contributed by atoms with Crippen LogP contribution >= 0.6 is 0 Å². The van der Waals surface area contributed by atoms with Crippen LogP contribution in [0.5, 0.6) is 0 Å². The SMILES string of the molecule is Cc1cc(F)c(NCc2ccoc2C(=O)O)cc1F. The molecular formula is C13H11F2NO3. The molecule has 0 aliphatic rings. The van der Waals surface area contributed by atoms with E-state index in [2.05, 4.69) is 5.32 Å². The molecular weight excluding hydrogens is 256 g/mol. The van der Waals surface area contributed by atoms with E-state index < -0.39 is 17.6 Å². The van der Waals surface area contributed by atoms with Gasteiger partial charge in [0.15, 0.2) is 0 Å². The normalized spacial score (nSPS) is 10.5. The Hall–Kier alpha value is -2.37. The second-order valence-corrected chi connectivity index (χ2v) is 4.01. The van der Waals surface area contributed by atoms with E-state index in [4.69, 9.17) is 9.52 Å². The number of furan rings is 1. The van der Waals surface area contributed by atoms with Gasteiger partial charge in [0.25, 0.3) is 0 Å². The summed E-state index contributed by atoms with van der Waals surface area (Å²) in [6.07, 6.45) is 1.23. The number of hydrogen-bond acceptors (Lipinski definition) is 3. The highest BCUT2D eigenvalue weighted by atomic mass is 19.1. The minimum absolute atomic E-state index is 0.0254. The monoisotopic (exact) mass is 267 g/mol. The zero-order chi connectivity index (χ0) is 14.0. The van der Waals surface area contributed by atoms with Gasteiger partial charge in [-0.1, -0.05) is 0 Å². The lowest BCUT2D eigenvalue weighted by Crippen LogP contribution is -2.06. The van der Waals surface area contributed by atoms with Crippen molar-refractivity contribution in [1.29, 1.82) is 0 Å². The van der Waals surface area contributed by atoms with Crippen molar-refractivity contribution in [3.05, 3.63) is 53.0 Å². The van der Waals surface area contributed by atoms with Gasteiger partial charge in [-0.25, -0.2) is 13.6 Å². The third-order valence-corrected chi connectivity index (χ3v) is 2.66. The summed E-state index contributed by atoms with van der Waals surface area (Å²) in [4.78, 5) is 10.8. The maximum absolute atomic E-state index is 13.5. The molecule has 100 valence electrons. The van der Waals surface area contributed by atoms with Crippen LogP contribution in [0.3, 0.4) is 0 Å². The molecule has 2 N–H and O–H groups in total. The van der Waals surface area contributed by atoms with E-state index in [1.54, 1.807) is 0 Å². The number of anilines is 1. The average Bonchev–Trinajstić information content (AvgIpc) is 2.80. The van der Waals surface area contributed by atoms with Gasteiger partial charge in [0.1, 0.15) is 11.6 Å². The Kier molecular flexibility index (Phi) is 3.50. The van der Waals surface area contributed by atoms with Crippen LogP contribution < -0.4 is 5.32 Å². The Morgan fingerprint density at radius 2 is 2.11 bits per heavy atom. The lowest BCUT2D eigenvalue weighted by Gasteiger charge is -2.08. The van der Waals surface area contributed by atoms with Gasteiger partial charge < -0.3 is 14.8 Å². The molecule has 0 fully saturated rings. The quantitative estimate of drug-likeness (QED) is 0.893. The molecule has 6 heteroatoms. The molecule has 0 bridgehead atoms. The van der Waals surface area contributed by atoms with Crippen molar-refractivity contribution >= 4 is 11.7 Å². The Morgan fingerprint density at radius 3 is 2.79 bits per heavy atom. The van der Waals surface area contributed by atoms with Crippen molar-refractivity contribution in [3.63, 3.8) is 0 Å². The van der Waals surface area contributed by atoms with Gasteiger partial charge in [0, 0.05) is 18.2 Å². The zero-order valence-corrected chi connectivity index (χ0v) is 10.0. The van der Waals surface area contributed by atoms with E-state index in [1.807, 2.05) is 0 Å². The van der Waals surface area contributed by atoms with Crippen LogP contribution in [-0.2, 0) is 6.54 Å². The lowest BCUT2D eigenvalue weighted by molar-refractivity contribution is 0.0661. The fraction of sp³-hybridized carbons (Fsp3) is 0.154.